The van der Waals surface area contributed by atoms with Crippen molar-refractivity contribution in [1.82, 2.24) is 9.55 Å². The van der Waals surface area contributed by atoms with Gasteiger partial charge in [-0.3, -0.25) is 14.3 Å². The van der Waals surface area contributed by atoms with Gasteiger partial charge in [-0.25, -0.2) is 9.59 Å². The van der Waals surface area contributed by atoms with Gasteiger partial charge in [-0.15, -0.1) is 0 Å². The van der Waals surface area contributed by atoms with Crippen molar-refractivity contribution in [2.45, 2.75) is 24.4 Å². The zero-order chi connectivity index (χ0) is 14.2. The van der Waals surface area contributed by atoms with Gasteiger partial charge in [-0.2, -0.15) is 0 Å². The lowest BCUT2D eigenvalue weighted by molar-refractivity contribution is -0.182. The van der Waals surface area contributed by atoms with E-state index in [0.717, 1.165) is 12.3 Å². The second-order valence-electron chi connectivity index (χ2n) is 4.18. The monoisotopic (exact) mass is 272 g/mol. The van der Waals surface area contributed by atoms with Crippen LogP contribution in [0.15, 0.2) is 21.9 Å². The van der Waals surface area contributed by atoms with Crippen LogP contribution in [0.2, 0.25) is 0 Å². The summed E-state index contributed by atoms with van der Waals surface area (Å²) in [6.45, 7) is -0.589. The largest absolute Gasteiger partial charge is 0.478 e. The van der Waals surface area contributed by atoms with E-state index in [2.05, 4.69) is 0 Å². The maximum atomic E-state index is 11.7. The van der Waals surface area contributed by atoms with Crippen LogP contribution in [0.4, 0.5) is 0 Å². The molecule has 2 rings (SSSR count). The Kier molecular flexibility index (Phi) is 3.27. The molecule has 0 aromatic carbocycles. The summed E-state index contributed by atoms with van der Waals surface area (Å²) in [5.74, 6) is -1.50. The number of aliphatic carboxylic acids is 1. The van der Waals surface area contributed by atoms with Crippen LogP contribution in [-0.2, 0) is 15.3 Å². The fourth-order valence-electron chi connectivity index (χ4n) is 2.05. The number of carbonyl (C=O) groups is 1. The van der Waals surface area contributed by atoms with Crippen molar-refractivity contribution in [3.8, 4) is 0 Å². The van der Waals surface area contributed by atoms with Gasteiger partial charge in [-0.05, 0) is 0 Å². The van der Waals surface area contributed by atoms with E-state index in [9.17, 15) is 24.6 Å². The number of aliphatic hydroxyl groups excluding tert-OH is 2. The molecule has 9 heteroatoms. The van der Waals surface area contributed by atoms with Gasteiger partial charge < -0.3 is 20.1 Å². The predicted octanol–water partition coefficient (Wildman–Crippen LogP) is -2.58. The summed E-state index contributed by atoms with van der Waals surface area (Å²) in [5.41, 5.74) is -3.80. The molecule has 1 aliphatic heterocycles. The number of rotatable bonds is 3. The number of aromatic nitrogens is 2. The van der Waals surface area contributed by atoms with Gasteiger partial charge in [0, 0.05) is 18.7 Å². The highest BCUT2D eigenvalue weighted by Crippen LogP contribution is 2.34. The Labute approximate surface area is 105 Å². The molecule has 4 N–H and O–H groups in total. The standard InChI is InChI=1S/C10H12N2O7/c13-4-6-5(14)3-10(19-6,8(16)17)12-2-1-7(15)11-9(12)18/h1-2,5-6,13-14H,3-4H2,(H,16,17)(H,11,15,18)/t5-,6+,10-/m0/s1. The molecule has 0 aliphatic carbocycles. The van der Waals surface area contributed by atoms with Crippen molar-refractivity contribution in [2.24, 2.45) is 0 Å². The number of ether oxygens (including phenoxy) is 1. The third kappa shape index (κ3) is 2.07. The topological polar surface area (TPSA) is 142 Å². The summed E-state index contributed by atoms with van der Waals surface area (Å²) in [4.78, 5) is 35.9. The molecule has 2 heterocycles. The highest BCUT2D eigenvalue weighted by Gasteiger charge is 2.53. The summed E-state index contributed by atoms with van der Waals surface area (Å²) in [6.07, 6.45) is -1.80. The Morgan fingerprint density at radius 2 is 2.26 bits per heavy atom. The zero-order valence-corrected chi connectivity index (χ0v) is 9.65. The van der Waals surface area contributed by atoms with Gasteiger partial charge >= 0.3 is 11.7 Å². The predicted molar refractivity (Wildman–Crippen MR) is 59.5 cm³/mol. The first-order chi connectivity index (χ1) is 8.90. The van der Waals surface area contributed by atoms with Crippen molar-refractivity contribution >= 4 is 5.97 Å². The highest BCUT2D eigenvalue weighted by atomic mass is 16.6. The molecule has 1 saturated heterocycles. The molecule has 0 bridgehead atoms. The molecular formula is C10H12N2O7. The third-order valence-corrected chi connectivity index (χ3v) is 2.99. The van der Waals surface area contributed by atoms with Gasteiger partial charge in [0.1, 0.15) is 6.10 Å². The summed E-state index contributed by atoms with van der Waals surface area (Å²) < 4.78 is 5.80. The van der Waals surface area contributed by atoms with Gasteiger partial charge in [0.25, 0.3) is 11.3 Å². The number of nitrogens with zero attached hydrogens (tertiary/aromatic N) is 1. The maximum absolute atomic E-state index is 11.7. The quantitative estimate of drug-likeness (QED) is 0.473. The van der Waals surface area contributed by atoms with Crippen molar-refractivity contribution in [3.05, 3.63) is 33.1 Å². The van der Waals surface area contributed by atoms with Crippen molar-refractivity contribution in [3.63, 3.8) is 0 Å². The number of carboxylic acids is 1. The van der Waals surface area contributed by atoms with Gasteiger partial charge in [0.2, 0.25) is 0 Å². The molecule has 1 aliphatic rings. The van der Waals surface area contributed by atoms with E-state index >= 15 is 0 Å². The average Bonchev–Trinajstić information content (AvgIpc) is 2.67. The lowest BCUT2D eigenvalue weighted by atomic mass is 10.1. The Morgan fingerprint density at radius 3 is 2.74 bits per heavy atom. The van der Waals surface area contributed by atoms with Crippen LogP contribution < -0.4 is 11.2 Å². The second-order valence-corrected chi connectivity index (χ2v) is 4.18. The van der Waals surface area contributed by atoms with Crippen LogP contribution in [0.25, 0.3) is 0 Å². The highest BCUT2D eigenvalue weighted by molar-refractivity contribution is 5.75. The van der Waals surface area contributed by atoms with Gasteiger partial charge in [0.05, 0.1) is 12.7 Å². The smallest absolute Gasteiger partial charge is 0.358 e. The van der Waals surface area contributed by atoms with Crippen molar-refractivity contribution in [2.75, 3.05) is 6.61 Å². The number of H-pyrrole nitrogens is 1. The minimum absolute atomic E-state index is 0.417. The van der Waals surface area contributed by atoms with E-state index in [1.807, 2.05) is 4.98 Å². The second kappa shape index (κ2) is 4.61. The third-order valence-electron chi connectivity index (χ3n) is 2.99. The first kappa shape index (κ1) is 13.5. The molecule has 0 spiro atoms. The minimum Gasteiger partial charge on any atom is -0.478 e. The number of aromatic amines is 1. The first-order valence-electron chi connectivity index (χ1n) is 5.43. The zero-order valence-electron chi connectivity index (χ0n) is 9.65. The molecule has 1 fully saturated rings. The number of carboxylic acid groups (broad SMARTS) is 1. The molecule has 104 valence electrons. The Hall–Kier alpha value is -1.97. The fraction of sp³-hybridized carbons (Fsp3) is 0.500. The van der Waals surface area contributed by atoms with Crippen LogP contribution in [0.5, 0.6) is 0 Å². The lowest BCUT2D eigenvalue weighted by Gasteiger charge is -2.25. The van der Waals surface area contributed by atoms with Crippen LogP contribution in [0, 0.1) is 0 Å². The van der Waals surface area contributed by atoms with Crippen molar-refractivity contribution in [1.29, 1.82) is 0 Å². The number of hydrogen-bond donors (Lipinski definition) is 4. The molecular weight excluding hydrogens is 260 g/mol. The molecule has 0 unspecified atom stereocenters. The van der Waals surface area contributed by atoms with E-state index in [-0.39, 0.29) is 0 Å². The maximum Gasteiger partial charge on any atom is 0.358 e. The van der Waals surface area contributed by atoms with E-state index in [1.165, 1.54) is 0 Å². The van der Waals surface area contributed by atoms with E-state index in [1.54, 1.807) is 0 Å². The molecule has 3 atom stereocenters. The molecule has 0 radical (unpaired) electrons. The van der Waals surface area contributed by atoms with E-state index in [0.29, 0.717) is 4.57 Å². The van der Waals surface area contributed by atoms with E-state index < -0.39 is 48.2 Å². The molecule has 19 heavy (non-hydrogen) atoms. The molecule has 1 aromatic heterocycles. The number of nitrogens with one attached hydrogen (secondary N) is 1. The molecule has 1 aromatic rings. The fourth-order valence-corrected chi connectivity index (χ4v) is 2.05. The van der Waals surface area contributed by atoms with Crippen LogP contribution in [-0.4, -0.2) is 49.7 Å². The lowest BCUT2D eigenvalue weighted by Crippen LogP contribution is -2.49. The van der Waals surface area contributed by atoms with Crippen LogP contribution >= 0.6 is 0 Å². The average molecular weight is 272 g/mol. The Bertz CT molecular complexity index is 606. The SMILES string of the molecule is O=C(O)[C@]1(n2ccc(=O)[nH]c2=O)C[C@H](O)[C@@H](CO)O1. The van der Waals surface area contributed by atoms with Crippen LogP contribution in [0.3, 0.4) is 0 Å². The minimum atomic E-state index is -2.14. The first-order valence-corrected chi connectivity index (χ1v) is 5.43. The molecule has 0 amide bonds. The molecule has 0 saturated carbocycles. The summed E-state index contributed by atoms with van der Waals surface area (Å²) >= 11 is 0. The summed E-state index contributed by atoms with van der Waals surface area (Å²) in [6, 6.07) is 0.966. The van der Waals surface area contributed by atoms with Gasteiger partial charge in [0.15, 0.2) is 0 Å². The van der Waals surface area contributed by atoms with Gasteiger partial charge in [-0.1, -0.05) is 0 Å². The Morgan fingerprint density at radius 1 is 1.58 bits per heavy atom. The normalized spacial score (nSPS) is 30.4. The van der Waals surface area contributed by atoms with Crippen LogP contribution in [0.1, 0.15) is 6.42 Å². The summed E-state index contributed by atoms with van der Waals surface area (Å²) in [5, 5.41) is 27.9. The number of hydrogen-bond acceptors (Lipinski definition) is 6. The Balaban J connectivity index is 2.56. The summed E-state index contributed by atoms with van der Waals surface area (Å²) in [7, 11) is 0. The molecule has 9 nitrogen and oxygen atoms in total. The number of aliphatic hydroxyl groups is 2. The van der Waals surface area contributed by atoms with E-state index in [4.69, 9.17) is 9.84 Å². The van der Waals surface area contributed by atoms with Crippen molar-refractivity contribution < 1.29 is 24.9 Å².